The Morgan fingerprint density at radius 1 is 0.390 bits per heavy atom. The van der Waals surface area contributed by atoms with Gasteiger partial charge >= 0.3 is 0 Å². The van der Waals surface area contributed by atoms with Crippen molar-refractivity contribution < 1.29 is 0 Å². The topological polar surface area (TPSA) is 4.93 Å². The van der Waals surface area contributed by atoms with Crippen molar-refractivity contribution in [1.82, 2.24) is 4.57 Å². The summed E-state index contributed by atoms with van der Waals surface area (Å²) >= 11 is 0. The first kappa shape index (κ1) is 33.9. The van der Waals surface area contributed by atoms with Crippen LogP contribution in [-0.2, 0) is 5.41 Å². The molecule has 0 amide bonds. The fraction of sp³-hybridized carbons (Fsp3) is 0.0690. The van der Waals surface area contributed by atoms with Gasteiger partial charge in [0.15, 0.2) is 0 Å². The fourth-order valence-electron chi connectivity index (χ4n) is 10.5. The van der Waals surface area contributed by atoms with Gasteiger partial charge in [0.25, 0.3) is 0 Å². The highest BCUT2D eigenvalue weighted by Crippen LogP contribution is 2.54. The largest absolute Gasteiger partial charge is 0.309 e. The van der Waals surface area contributed by atoms with Gasteiger partial charge in [0.05, 0.1) is 11.0 Å². The van der Waals surface area contributed by atoms with E-state index in [1.54, 1.807) is 0 Å². The number of fused-ring (bicyclic) bond motifs is 10. The summed E-state index contributed by atoms with van der Waals surface area (Å²) in [6.45, 7) is 4.80. The quantitative estimate of drug-likeness (QED) is 0.165. The zero-order valence-electron chi connectivity index (χ0n) is 33.2. The molecular formula is C58H41N. The molecule has 278 valence electrons. The van der Waals surface area contributed by atoms with Crippen molar-refractivity contribution in [3.63, 3.8) is 0 Å². The molecule has 10 aromatic rings. The average molecular weight is 752 g/mol. The van der Waals surface area contributed by atoms with E-state index in [2.05, 4.69) is 225 Å². The number of benzene rings is 9. The highest BCUT2D eigenvalue weighted by molar-refractivity contribution is 6.14. The van der Waals surface area contributed by atoms with Gasteiger partial charge in [-0.3, -0.25) is 0 Å². The van der Waals surface area contributed by atoms with Crippen LogP contribution < -0.4 is 0 Å². The van der Waals surface area contributed by atoms with Crippen LogP contribution in [0.25, 0.3) is 83.1 Å². The Morgan fingerprint density at radius 3 is 1.78 bits per heavy atom. The molecule has 12 rings (SSSR count). The predicted molar refractivity (Wildman–Crippen MR) is 247 cm³/mol. The molecule has 0 saturated heterocycles. The van der Waals surface area contributed by atoms with Gasteiger partial charge < -0.3 is 4.57 Å². The number of aromatic nitrogens is 1. The van der Waals surface area contributed by atoms with Crippen LogP contribution in [0.5, 0.6) is 0 Å². The van der Waals surface area contributed by atoms with E-state index in [9.17, 15) is 0 Å². The highest BCUT2D eigenvalue weighted by Gasteiger charge is 2.38. The van der Waals surface area contributed by atoms with Crippen LogP contribution in [0.1, 0.15) is 47.6 Å². The van der Waals surface area contributed by atoms with E-state index in [-0.39, 0.29) is 11.3 Å². The molecule has 0 N–H and O–H groups in total. The Labute approximate surface area is 345 Å². The molecule has 9 aromatic carbocycles. The molecule has 0 radical (unpaired) electrons. The molecule has 0 aliphatic heterocycles. The molecule has 1 atom stereocenters. The summed E-state index contributed by atoms with van der Waals surface area (Å²) in [6, 6.07) is 76.7. The van der Waals surface area contributed by atoms with Crippen LogP contribution in [0.3, 0.4) is 0 Å². The van der Waals surface area contributed by atoms with Crippen molar-refractivity contribution in [3.05, 3.63) is 234 Å². The van der Waals surface area contributed by atoms with Crippen molar-refractivity contribution in [3.8, 4) is 61.3 Å². The van der Waals surface area contributed by atoms with E-state index in [1.165, 1.54) is 111 Å². The molecule has 1 aromatic heterocycles. The summed E-state index contributed by atoms with van der Waals surface area (Å²) in [7, 11) is 0. The SMILES string of the molecule is CC1(C)c2ccccc2-c2ccc3c4cc(-c5ccc6c(c5)-c5ccccc5C6c5ccc(-c6ccccc6)cc5)ccc4n(-c4cccc(-c5ccccc5)c4)c3c21. The standard InChI is InChI=1S/C58H41N/c1-58(2)53-23-12-11-21-46(53)49-31-32-50-52-36-43(29-33-54(52)59(57(50)56(49)58)44-19-13-18-41(34-44)38-16-7-4-8-17-38)42-28-30-48-51(35-42)45-20-9-10-22-47(45)55(48)40-26-24-39(25-27-40)37-14-5-3-6-15-37/h3-36,55H,1-2H3. The van der Waals surface area contributed by atoms with Crippen molar-refractivity contribution in [1.29, 1.82) is 0 Å². The van der Waals surface area contributed by atoms with Crippen LogP contribution in [-0.4, -0.2) is 4.57 Å². The lowest BCUT2D eigenvalue weighted by Gasteiger charge is -2.23. The molecule has 1 heteroatoms. The summed E-state index contributed by atoms with van der Waals surface area (Å²) in [5.41, 5.74) is 23.1. The maximum atomic E-state index is 2.54. The van der Waals surface area contributed by atoms with Crippen LogP contribution in [0, 0.1) is 0 Å². The van der Waals surface area contributed by atoms with E-state index >= 15 is 0 Å². The molecule has 0 fully saturated rings. The molecule has 1 unspecified atom stereocenters. The maximum Gasteiger partial charge on any atom is 0.0588 e. The van der Waals surface area contributed by atoms with Crippen LogP contribution in [0.15, 0.2) is 206 Å². The number of rotatable bonds is 5. The lowest BCUT2D eigenvalue weighted by atomic mass is 9.81. The smallest absolute Gasteiger partial charge is 0.0588 e. The molecule has 1 nitrogen and oxygen atoms in total. The first-order valence-corrected chi connectivity index (χ1v) is 20.8. The minimum absolute atomic E-state index is 0.163. The third kappa shape index (κ3) is 5.11. The first-order valence-electron chi connectivity index (χ1n) is 20.8. The molecule has 0 saturated carbocycles. The van der Waals surface area contributed by atoms with Gasteiger partial charge in [-0.25, -0.2) is 0 Å². The number of nitrogens with zero attached hydrogens (tertiary/aromatic N) is 1. The van der Waals surface area contributed by atoms with Crippen molar-refractivity contribution in [2.75, 3.05) is 0 Å². The summed E-state index contributed by atoms with van der Waals surface area (Å²) in [5, 5.41) is 2.56. The van der Waals surface area contributed by atoms with Crippen molar-refractivity contribution >= 4 is 21.8 Å². The summed E-state index contributed by atoms with van der Waals surface area (Å²) in [6.07, 6.45) is 0. The Bertz CT molecular complexity index is 3270. The molecule has 2 aliphatic rings. The molecule has 1 heterocycles. The average Bonchev–Trinajstić information content (AvgIpc) is 3.89. The Hall–Kier alpha value is -7.22. The lowest BCUT2D eigenvalue weighted by molar-refractivity contribution is 0.664. The normalized spacial score (nSPS) is 14.6. The van der Waals surface area contributed by atoms with Gasteiger partial charge in [-0.1, -0.05) is 190 Å². The van der Waals surface area contributed by atoms with Crippen LogP contribution >= 0.6 is 0 Å². The number of hydrogen-bond donors (Lipinski definition) is 0. The summed E-state index contributed by atoms with van der Waals surface area (Å²) < 4.78 is 2.54. The Kier molecular flexibility index (Phi) is 7.40. The summed E-state index contributed by atoms with van der Waals surface area (Å²) in [5.74, 6) is 0.196. The lowest BCUT2D eigenvalue weighted by Crippen LogP contribution is -2.16. The van der Waals surface area contributed by atoms with E-state index in [0.29, 0.717) is 0 Å². The maximum absolute atomic E-state index is 2.54. The van der Waals surface area contributed by atoms with Gasteiger partial charge in [0.1, 0.15) is 0 Å². The molecule has 2 aliphatic carbocycles. The van der Waals surface area contributed by atoms with E-state index in [1.807, 2.05) is 0 Å². The van der Waals surface area contributed by atoms with Crippen molar-refractivity contribution in [2.24, 2.45) is 0 Å². The van der Waals surface area contributed by atoms with Crippen LogP contribution in [0.4, 0.5) is 0 Å². The van der Waals surface area contributed by atoms with Gasteiger partial charge in [0, 0.05) is 27.8 Å². The molecule has 0 bridgehead atoms. The third-order valence-corrected chi connectivity index (χ3v) is 13.3. The van der Waals surface area contributed by atoms with Gasteiger partial charge in [-0.15, -0.1) is 0 Å². The Morgan fingerprint density at radius 2 is 0.983 bits per heavy atom. The minimum atomic E-state index is -0.163. The van der Waals surface area contributed by atoms with Gasteiger partial charge in [-0.05, 0) is 114 Å². The van der Waals surface area contributed by atoms with Gasteiger partial charge in [-0.2, -0.15) is 0 Å². The molecule has 59 heavy (non-hydrogen) atoms. The molecular weight excluding hydrogens is 711 g/mol. The van der Waals surface area contributed by atoms with Gasteiger partial charge in [0.2, 0.25) is 0 Å². The second-order valence-electron chi connectivity index (χ2n) is 16.8. The zero-order valence-corrected chi connectivity index (χ0v) is 33.2. The second-order valence-corrected chi connectivity index (χ2v) is 16.8. The Balaban J connectivity index is 1.03. The molecule has 0 spiro atoms. The minimum Gasteiger partial charge on any atom is -0.309 e. The van der Waals surface area contributed by atoms with Crippen LogP contribution in [0.2, 0.25) is 0 Å². The summed E-state index contributed by atoms with van der Waals surface area (Å²) in [4.78, 5) is 0. The first-order chi connectivity index (χ1) is 29.0. The highest BCUT2D eigenvalue weighted by atomic mass is 15.0. The second kappa shape index (κ2) is 12.9. The van der Waals surface area contributed by atoms with Crippen molar-refractivity contribution in [2.45, 2.75) is 25.2 Å². The van der Waals surface area contributed by atoms with E-state index < -0.39 is 0 Å². The number of hydrogen-bond acceptors (Lipinski definition) is 0. The van der Waals surface area contributed by atoms with E-state index in [0.717, 1.165) is 0 Å². The fourth-order valence-corrected chi connectivity index (χ4v) is 10.5. The van der Waals surface area contributed by atoms with E-state index in [4.69, 9.17) is 0 Å². The zero-order chi connectivity index (χ0) is 39.2. The monoisotopic (exact) mass is 751 g/mol. The predicted octanol–water partition coefficient (Wildman–Crippen LogP) is 15.3. The third-order valence-electron chi connectivity index (χ3n) is 13.3.